The summed E-state index contributed by atoms with van der Waals surface area (Å²) in [6.07, 6.45) is 1.15. The third kappa shape index (κ3) is 4.79. The molecule has 0 bridgehead atoms. The molecule has 0 N–H and O–H groups in total. The van der Waals surface area contributed by atoms with E-state index < -0.39 is 8.41 Å². The van der Waals surface area contributed by atoms with Crippen molar-refractivity contribution in [3.8, 4) is 0 Å². The highest BCUT2D eigenvalue weighted by atomic mass is 28.2. The first-order chi connectivity index (χ1) is 11.5. The largest absolute Gasteiger partial charge is 0.0948 e. The molecule has 2 aromatic carbocycles. The Bertz CT molecular complexity index is 711. The standard InChI is InChI=1S/C24H34Si/c1-16-12-18(3)22(19(4)13-16)25(11-10-24(7,8)9)23-20(5)14-17(2)15-21(23)6/h11-15H,10H2,1-9H3. The van der Waals surface area contributed by atoms with Gasteiger partial charge in [0.2, 0.25) is 0 Å². The van der Waals surface area contributed by atoms with Crippen LogP contribution in [0.4, 0.5) is 0 Å². The lowest BCUT2D eigenvalue weighted by Gasteiger charge is -2.22. The summed E-state index contributed by atoms with van der Waals surface area (Å²) in [4.78, 5) is 0. The predicted octanol–water partition coefficient (Wildman–Crippen LogP) is 4.97. The van der Waals surface area contributed by atoms with Gasteiger partial charge in [0.25, 0.3) is 0 Å². The van der Waals surface area contributed by atoms with E-state index in [1.54, 1.807) is 10.4 Å². The van der Waals surface area contributed by atoms with Crippen LogP contribution in [0.5, 0.6) is 0 Å². The molecule has 0 aliphatic heterocycles. The Labute approximate surface area is 156 Å². The molecule has 0 spiro atoms. The molecule has 2 aromatic rings. The zero-order valence-electron chi connectivity index (χ0n) is 17.6. The van der Waals surface area contributed by atoms with Crippen molar-refractivity contribution < 1.29 is 0 Å². The van der Waals surface area contributed by atoms with Crippen LogP contribution in [0.15, 0.2) is 24.3 Å². The fraction of sp³-hybridized carbons (Fsp3) is 0.458. The number of hydrogen-bond acceptors (Lipinski definition) is 0. The van der Waals surface area contributed by atoms with E-state index in [0.29, 0.717) is 5.41 Å². The van der Waals surface area contributed by atoms with Crippen LogP contribution in [0.2, 0.25) is 0 Å². The molecular weight excluding hydrogens is 316 g/mol. The van der Waals surface area contributed by atoms with E-state index in [-0.39, 0.29) is 0 Å². The molecule has 0 saturated heterocycles. The summed E-state index contributed by atoms with van der Waals surface area (Å²) in [6.45, 7) is 20.6. The van der Waals surface area contributed by atoms with Crippen LogP contribution in [0.1, 0.15) is 60.6 Å². The third-order valence-electron chi connectivity index (χ3n) is 4.81. The van der Waals surface area contributed by atoms with Gasteiger partial charge in [0.15, 0.2) is 0 Å². The zero-order valence-corrected chi connectivity index (χ0v) is 18.6. The average molecular weight is 351 g/mol. The molecule has 0 aliphatic rings. The monoisotopic (exact) mass is 350 g/mol. The highest BCUT2D eigenvalue weighted by molar-refractivity contribution is 6.90. The van der Waals surface area contributed by atoms with E-state index in [0.717, 1.165) is 6.42 Å². The molecule has 0 aromatic heterocycles. The second-order valence-corrected chi connectivity index (χ2v) is 11.2. The van der Waals surface area contributed by atoms with Gasteiger partial charge in [-0.05, 0) is 86.0 Å². The molecule has 0 amide bonds. The minimum absolute atomic E-state index is 0.328. The fourth-order valence-electron chi connectivity index (χ4n) is 3.95. The van der Waals surface area contributed by atoms with Gasteiger partial charge in [-0.3, -0.25) is 0 Å². The Kier molecular flexibility index (Phi) is 5.88. The summed E-state index contributed by atoms with van der Waals surface area (Å²) in [6, 6.07) is 9.43. The SMILES string of the molecule is Cc1cc(C)c([Si](=CCC(C)(C)C)c2c(C)cc(C)cc2C)c(C)c1. The molecular formula is C24H34Si. The average Bonchev–Trinajstić information content (AvgIpc) is 2.40. The van der Waals surface area contributed by atoms with Crippen LogP contribution in [-0.2, 0) is 0 Å². The summed E-state index contributed by atoms with van der Waals surface area (Å²) in [5.74, 6) is 0. The van der Waals surface area contributed by atoms with Gasteiger partial charge in [-0.1, -0.05) is 61.8 Å². The number of hydrogen-bond donors (Lipinski definition) is 0. The molecule has 2 rings (SSSR count). The maximum atomic E-state index is 2.65. The maximum absolute atomic E-state index is 2.65. The van der Waals surface area contributed by atoms with Crippen molar-refractivity contribution in [3.05, 3.63) is 57.6 Å². The van der Waals surface area contributed by atoms with Crippen LogP contribution >= 0.6 is 0 Å². The lowest BCUT2D eigenvalue weighted by atomic mass is 9.94. The second kappa shape index (κ2) is 7.41. The molecule has 0 fully saturated rings. The van der Waals surface area contributed by atoms with Crippen LogP contribution in [0, 0.1) is 47.0 Å². The lowest BCUT2D eigenvalue weighted by Crippen LogP contribution is -2.43. The summed E-state index contributed by atoms with van der Waals surface area (Å²) in [5.41, 5.74) is 11.5. The molecule has 25 heavy (non-hydrogen) atoms. The quantitative estimate of drug-likeness (QED) is 0.686. The molecule has 1 heteroatoms. The number of aryl methyl sites for hydroxylation is 6. The fourth-order valence-corrected chi connectivity index (χ4v) is 7.41. The van der Waals surface area contributed by atoms with Gasteiger partial charge in [-0.15, -0.1) is 0 Å². The minimum Gasteiger partial charge on any atom is -0.0948 e. The van der Waals surface area contributed by atoms with Gasteiger partial charge in [-0.25, -0.2) is 0 Å². The van der Waals surface area contributed by atoms with Crippen LogP contribution < -0.4 is 10.4 Å². The topological polar surface area (TPSA) is 0 Å². The molecule has 0 radical (unpaired) electrons. The van der Waals surface area contributed by atoms with Gasteiger partial charge >= 0.3 is 0 Å². The molecule has 0 saturated carbocycles. The Balaban J connectivity index is 2.77. The number of rotatable bonds is 3. The van der Waals surface area contributed by atoms with Crippen molar-refractivity contribution in [1.82, 2.24) is 0 Å². The highest BCUT2D eigenvalue weighted by Gasteiger charge is 2.18. The van der Waals surface area contributed by atoms with Gasteiger partial charge < -0.3 is 0 Å². The van der Waals surface area contributed by atoms with E-state index in [1.165, 1.54) is 33.4 Å². The van der Waals surface area contributed by atoms with Crippen LogP contribution in [-0.4, -0.2) is 14.1 Å². The first kappa shape index (κ1) is 19.8. The van der Waals surface area contributed by atoms with Crippen molar-refractivity contribution in [3.63, 3.8) is 0 Å². The van der Waals surface area contributed by atoms with Crippen LogP contribution in [0.3, 0.4) is 0 Å². The second-order valence-electron chi connectivity index (χ2n) is 8.93. The van der Waals surface area contributed by atoms with Crippen molar-refractivity contribution in [1.29, 1.82) is 0 Å². The smallest absolute Gasteiger partial charge is 0.0774 e. The summed E-state index contributed by atoms with van der Waals surface area (Å²) in [7, 11) is -0.911. The zero-order chi connectivity index (χ0) is 18.9. The van der Waals surface area contributed by atoms with Crippen LogP contribution in [0.25, 0.3) is 0 Å². The highest BCUT2D eigenvalue weighted by Crippen LogP contribution is 2.17. The Morgan fingerprint density at radius 3 is 1.28 bits per heavy atom. The van der Waals surface area contributed by atoms with Crippen molar-refractivity contribution >= 4 is 24.5 Å². The van der Waals surface area contributed by atoms with E-state index in [4.69, 9.17) is 0 Å². The minimum atomic E-state index is -0.911. The van der Waals surface area contributed by atoms with E-state index in [9.17, 15) is 0 Å². The number of benzene rings is 2. The van der Waals surface area contributed by atoms with Gasteiger partial charge in [0, 0.05) is 0 Å². The molecule has 0 unspecified atom stereocenters. The van der Waals surface area contributed by atoms with Gasteiger partial charge in [-0.2, -0.15) is 0 Å². The molecule has 0 nitrogen and oxygen atoms in total. The molecule has 0 aliphatic carbocycles. The van der Waals surface area contributed by atoms with Crippen molar-refractivity contribution in [2.45, 2.75) is 68.7 Å². The summed E-state index contributed by atoms with van der Waals surface area (Å²) in [5, 5.41) is 3.19. The van der Waals surface area contributed by atoms with E-state index >= 15 is 0 Å². The predicted molar refractivity (Wildman–Crippen MR) is 116 cm³/mol. The normalized spacial score (nSPS) is 11.6. The Morgan fingerprint density at radius 1 is 0.680 bits per heavy atom. The Morgan fingerprint density at radius 2 is 1.00 bits per heavy atom. The van der Waals surface area contributed by atoms with Gasteiger partial charge in [0.05, 0.1) is 8.41 Å². The first-order valence-corrected chi connectivity index (χ1v) is 10.9. The Hall–Kier alpha value is -1.47. The first-order valence-electron chi connectivity index (χ1n) is 9.36. The van der Waals surface area contributed by atoms with E-state index in [1.807, 2.05) is 0 Å². The van der Waals surface area contributed by atoms with Gasteiger partial charge in [0.1, 0.15) is 0 Å². The van der Waals surface area contributed by atoms with E-state index in [2.05, 4.69) is 92.3 Å². The van der Waals surface area contributed by atoms with Crippen molar-refractivity contribution in [2.24, 2.45) is 5.41 Å². The third-order valence-corrected chi connectivity index (χ3v) is 8.08. The summed E-state index contributed by atoms with van der Waals surface area (Å²) < 4.78 is 0. The lowest BCUT2D eigenvalue weighted by molar-refractivity contribution is 0.439. The molecule has 134 valence electrons. The maximum Gasteiger partial charge on any atom is 0.0774 e. The summed E-state index contributed by atoms with van der Waals surface area (Å²) >= 11 is 0. The molecule has 0 heterocycles. The van der Waals surface area contributed by atoms with Crippen molar-refractivity contribution in [2.75, 3.05) is 0 Å². The molecule has 0 atom stereocenters.